The van der Waals surface area contributed by atoms with Crippen LogP contribution in [0.2, 0.25) is 5.02 Å². The molecule has 4 heteroatoms. The zero-order valence-electron chi connectivity index (χ0n) is 9.55. The Kier molecular flexibility index (Phi) is 3.14. The number of fused-ring (bicyclic) bond motifs is 2. The Morgan fingerprint density at radius 1 is 1.24 bits per heavy atom. The minimum Gasteiger partial charge on any atom is -0.356 e. The molecule has 1 aromatic rings. The summed E-state index contributed by atoms with van der Waals surface area (Å²) in [6.07, 6.45) is 4.95. The molecule has 0 radical (unpaired) electrons. The van der Waals surface area contributed by atoms with Gasteiger partial charge < -0.3 is 4.90 Å². The van der Waals surface area contributed by atoms with Crippen molar-refractivity contribution < 1.29 is 0 Å². The summed E-state index contributed by atoms with van der Waals surface area (Å²) in [5, 5.41) is 0.752. The Balaban J connectivity index is 2.05. The fourth-order valence-corrected chi connectivity index (χ4v) is 3.44. The van der Waals surface area contributed by atoms with Crippen LogP contribution in [0.3, 0.4) is 0 Å². The zero-order valence-corrected chi connectivity index (χ0v) is 11.9. The molecule has 2 aliphatic rings. The third kappa shape index (κ3) is 2.23. The molecule has 0 atom stereocenters. The average Bonchev–Trinajstić information content (AvgIpc) is 2.51. The second-order valence-electron chi connectivity index (χ2n) is 4.65. The summed E-state index contributed by atoms with van der Waals surface area (Å²) < 4.78 is 1.08. The van der Waals surface area contributed by atoms with Gasteiger partial charge in [0.15, 0.2) is 0 Å². The summed E-state index contributed by atoms with van der Waals surface area (Å²) in [6.45, 7) is 2.10. The van der Waals surface area contributed by atoms with Crippen LogP contribution in [-0.2, 0) is 6.54 Å². The van der Waals surface area contributed by atoms with Gasteiger partial charge in [-0.25, -0.2) is 4.99 Å². The van der Waals surface area contributed by atoms with Gasteiger partial charge in [-0.15, -0.1) is 0 Å². The summed E-state index contributed by atoms with van der Waals surface area (Å²) in [7, 11) is 0. The fraction of sp³-hybridized carbons (Fsp3) is 0.462. The van der Waals surface area contributed by atoms with Crippen LogP contribution >= 0.6 is 27.5 Å². The van der Waals surface area contributed by atoms with Crippen molar-refractivity contribution in [2.45, 2.75) is 32.2 Å². The molecule has 0 amide bonds. The molecule has 3 rings (SSSR count). The van der Waals surface area contributed by atoms with Crippen molar-refractivity contribution in [2.24, 2.45) is 4.99 Å². The standard InChI is InChI=1S/C13H14BrClN2/c14-11-6-9(15)7-12-10(11)8-17-5-3-1-2-4-13(17)16-12/h6-7H,1-5,8H2. The molecule has 1 fully saturated rings. The van der Waals surface area contributed by atoms with E-state index in [1.807, 2.05) is 12.1 Å². The van der Waals surface area contributed by atoms with Crippen molar-refractivity contribution in [3.05, 3.63) is 27.2 Å². The maximum absolute atomic E-state index is 6.08. The molecule has 1 aromatic carbocycles. The van der Waals surface area contributed by atoms with E-state index in [0.717, 1.165) is 34.7 Å². The number of amidine groups is 1. The van der Waals surface area contributed by atoms with E-state index >= 15 is 0 Å². The first-order valence-corrected chi connectivity index (χ1v) is 7.21. The van der Waals surface area contributed by atoms with Gasteiger partial charge in [0.2, 0.25) is 0 Å². The van der Waals surface area contributed by atoms with E-state index < -0.39 is 0 Å². The fourth-order valence-electron chi connectivity index (χ4n) is 2.52. The number of nitrogens with zero attached hydrogens (tertiary/aromatic N) is 2. The van der Waals surface area contributed by atoms with Crippen molar-refractivity contribution in [3.8, 4) is 0 Å². The molecule has 90 valence electrons. The molecule has 0 N–H and O–H groups in total. The van der Waals surface area contributed by atoms with Crippen LogP contribution in [0.5, 0.6) is 0 Å². The highest BCUT2D eigenvalue weighted by Gasteiger charge is 2.23. The number of hydrogen-bond donors (Lipinski definition) is 0. The van der Waals surface area contributed by atoms with E-state index in [0.29, 0.717) is 0 Å². The third-order valence-electron chi connectivity index (χ3n) is 3.43. The molecule has 2 heterocycles. The minimum atomic E-state index is 0.752. The Morgan fingerprint density at radius 2 is 2.12 bits per heavy atom. The van der Waals surface area contributed by atoms with E-state index in [2.05, 4.69) is 20.8 Å². The molecule has 0 bridgehead atoms. The Hall–Kier alpha value is -0.540. The number of benzene rings is 1. The van der Waals surface area contributed by atoms with E-state index in [-0.39, 0.29) is 0 Å². The van der Waals surface area contributed by atoms with Crippen LogP contribution in [0.15, 0.2) is 21.6 Å². The second-order valence-corrected chi connectivity index (χ2v) is 5.94. The maximum atomic E-state index is 6.08. The number of rotatable bonds is 0. The monoisotopic (exact) mass is 312 g/mol. The van der Waals surface area contributed by atoms with Gasteiger partial charge in [-0.2, -0.15) is 0 Å². The Labute approximate surface area is 115 Å². The zero-order chi connectivity index (χ0) is 11.8. The highest BCUT2D eigenvalue weighted by molar-refractivity contribution is 9.10. The lowest BCUT2D eigenvalue weighted by Crippen LogP contribution is -2.32. The quantitative estimate of drug-likeness (QED) is 0.687. The predicted octanol–water partition coefficient (Wildman–Crippen LogP) is 4.52. The van der Waals surface area contributed by atoms with Gasteiger partial charge in [-0.1, -0.05) is 34.0 Å². The summed E-state index contributed by atoms with van der Waals surface area (Å²) in [5.74, 6) is 1.24. The van der Waals surface area contributed by atoms with Gasteiger partial charge in [0.1, 0.15) is 5.84 Å². The van der Waals surface area contributed by atoms with Crippen LogP contribution in [-0.4, -0.2) is 17.3 Å². The molecule has 2 nitrogen and oxygen atoms in total. The normalized spacial score (nSPS) is 19.2. The molecule has 0 saturated carbocycles. The summed E-state index contributed by atoms with van der Waals surface area (Å²) in [4.78, 5) is 7.19. The molecule has 0 spiro atoms. The van der Waals surface area contributed by atoms with Crippen molar-refractivity contribution in [1.29, 1.82) is 0 Å². The highest BCUT2D eigenvalue weighted by atomic mass is 79.9. The van der Waals surface area contributed by atoms with Gasteiger partial charge in [0, 0.05) is 34.6 Å². The maximum Gasteiger partial charge on any atom is 0.105 e. The van der Waals surface area contributed by atoms with E-state index in [9.17, 15) is 0 Å². The molecule has 2 aliphatic heterocycles. The lowest BCUT2D eigenvalue weighted by Gasteiger charge is -2.29. The summed E-state index contributed by atoms with van der Waals surface area (Å²) >= 11 is 9.66. The Bertz CT molecular complexity index is 485. The molecule has 0 aromatic heterocycles. The van der Waals surface area contributed by atoms with Crippen LogP contribution < -0.4 is 0 Å². The van der Waals surface area contributed by atoms with Crippen molar-refractivity contribution in [2.75, 3.05) is 6.54 Å². The van der Waals surface area contributed by atoms with Crippen LogP contribution in [0.25, 0.3) is 0 Å². The SMILES string of the molecule is Clc1cc(Br)c2c(c1)N=C1CCCCCN1C2. The predicted molar refractivity (Wildman–Crippen MR) is 75.1 cm³/mol. The third-order valence-corrected chi connectivity index (χ3v) is 4.35. The first kappa shape index (κ1) is 11.5. The van der Waals surface area contributed by atoms with Crippen molar-refractivity contribution >= 4 is 39.1 Å². The first-order chi connectivity index (χ1) is 8.24. The highest BCUT2D eigenvalue weighted by Crippen LogP contribution is 2.36. The molecule has 0 unspecified atom stereocenters. The van der Waals surface area contributed by atoms with Gasteiger partial charge in [-0.3, -0.25) is 0 Å². The lowest BCUT2D eigenvalue weighted by molar-refractivity contribution is 0.402. The molecular weight excluding hydrogens is 300 g/mol. The largest absolute Gasteiger partial charge is 0.356 e. The number of halogens is 2. The van der Waals surface area contributed by atoms with Crippen LogP contribution in [0.1, 0.15) is 31.2 Å². The topological polar surface area (TPSA) is 15.6 Å². The first-order valence-electron chi connectivity index (χ1n) is 6.04. The lowest BCUT2D eigenvalue weighted by atomic mass is 10.1. The molecular formula is C13H14BrClN2. The van der Waals surface area contributed by atoms with E-state index in [4.69, 9.17) is 16.6 Å². The van der Waals surface area contributed by atoms with Gasteiger partial charge >= 0.3 is 0 Å². The number of hydrogen-bond acceptors (Lipinski definition) is 2. The minimum absolute atomic E-state index is 0.752. The summed E-state index contributed by atoms with van der Waals surface area (Å²) in [6, 6.07) is 3.93. The van der Waals surface area contributed by atoms with Crippen LogP contribution in [0.4, 0.5) is 5.69 Å². The molecule has 0 aliphatic carbocycles. The smallest absolute Gasteiger partial charge is 0.105 e. The summed E-state index contributed by atoms with van der Waals surface area (Å²) in [5.41, 5.74) is 2.30. The number of aliphatic imine (C=N–C) groups is 1. The average molecular weight is 314 g/mol. The van der Waals surface area contributed by atoms with Crippen LogP contribution in [0, 0.1) is 0 Å². The van der Waals surface area contributed by atoms with E-state index in [1.165, 1.54) is 30.7 Å². The van der Waals surface area contributed by atoms with Gasteiger partial charge in [-0.05, 0) is 25.0 Å². The molecule has 17 heavy (non-hydrogen) atoms. The Morgan fingerprint density at radius 3 is 3.00 bits per heavy atom. The van der Waals surface area contributed by atoms with Gasteiger partial charge in [0.25, 0.3) is 0 Å². The second kappa shape index (κ2) is 4.62. The van der Waals surface area contributed by atoms with Crippen molar-refractivity contribution in [1.82, 2.24) is 4.90 Å². The van der Waals surface area contributed by atoms with Gasteiger partial charge in [0.05, 0.1) is 5.69 Å². The van der Waals surface area contributed by atoms with E-state index in [1.54, 1.807) is 0 Å². The molecule has 1 saturated heterocycles. The van der Waals surface area contributed by atoms with Crippen molar-refractivity contribution in [3.63, 3.8) is 0 Å².